The maximum Gasteiger partial charge on any atom is 0.226 e. The summed E-state index contributed by atoms with van der Waals surface area (Å²) < 4.78 is 13.4. The molecular formula is C18H27N3O3. The van der Waals surface area contributed by atoms with Crippen LogP contribution in [0.25, 0.3) is 0 Å². The first-order chi connectivity index (χ1) is 11.6. The Morgan fingerprint density at radius 3 is 2.71 bits per heavy atom. The lowest BCUT2D eigenvalue weighted by atomic mass is 9.75. The highest BCUT2D eigenvalue weighted by Crippen LogP contribution is 2.44. The third kappa shape index (κ3) is 2.30. The van der Waals surface area contributed by atoms with Gasteiger partial charge in [0.15, 0.2) is 0 Å². The van der Waals surface area contributed by atoms with Gasteiger partial charge in [-0.2, -0.15) is 0 Å². The SMILES string of the molecule is COC1(CC(=O)N2CCc3c(ncn3C)C23CCOCC3)CCC1. The molecule has 3 heterocycles. The molecule has 1 aliphatic carbocycles. The molecule has 0 unspecified atom stereocenters. The lowest BCUT2D eigenvalue weighted by Crippen LogP contribution is -2.58. The fourth-order valence-corrected chi connectivity index (χ4v) is 4.67. The molecule has 0 aromatic carbocycles. The predicted molar refractivity (Wildman–Crippen MR) is 88.6 cm³/mol. The van der Waals surface area contributed by atoms with E-state index in [0.717, 1.165) is 50.8 Å². The highest BCUT2D eigenvalue weighted by Gasteiger charge is 2.50. The lowest BCUT2D eigenvalue weighted by Gasteiger charge is -2.50. The minimum Gasteiger partial charge on any atom is -0.381 e. The Kier molecular flexibility index (Phi) is 3.92. The molecule has 4 rings (SSSR count). The van der Waals surface area contributed by atoms with Crippen molar-refractivity contribution in [3.63, 3.8) is 0 Å². The number of rotatable bonds is 3. The van der Waals surface area contributed by atoms with Crippen LogP contribution in [0.5, 0.6) is 0 Å². The molecule has 2 fully saturated rings. The zero-order valence-corrected chi connectivity index (χ0v) is 14.7. The molecule has 0 atom stereocenters. The Morgan fingerprint density at radius 2 is 2.08 bits per heavy atom. The van der Waals surface area contributed by atoms with Crippen LogP contribution in [0, 0.1) is 0 Å². The van der Waals surface area contributed by atoms with Crippen molar-refractivity contribution < 1.29 is 14.3 Å². The van der Waals surface area contributed by atoms with Crippen LogP contribution in [0.15, 0.2) is 6.33 Å². The molecule has 0 bridgehead atoms. The van der Waals surface area contributed by atoms with Gasteiger partial charge in [-0.05, 0) is 32.1 Å². The van der Waals surface area contributed by atoms with Crippen LogP contribution >= 0.6 is 0 Å². The minimum absolute atomic E-state index is 0.217. The zero-order valence-electron chi connectivity index (χ0n) is 14.7. The second-order valence-electron chi connectivity index (χ2n) is 7.51. The van der Waals surface area contributed by atoms with E-state index in [-0.39, 0.29) is 17.0 Å². The van der Waals surface area contributed by atoms with E-state index in [1.165, 1.54) is 5.69 Å². The lowest BCUT2D eigenvalue weighted by molar-refractivity contribution is -0.156. The van der Waals surface area contributed by atoms with Crippen molar-refractivity contribution in [3.8, 4) is 0 Å². The standard InChI is InChI=1S/C18H27N3O3/c1-20-13-19-16-14(20)4-9-21(18(16)7-10-24-11-8-18)15(22)12-17(23-2)5-3-6-17/h13H,3-12H2,1-2H3. The smallest absolute Gasteiger partial charge is 0.226 e. The van der Waals surface area contributed by atoms with Crippen LogP contribution < -0.4 is 0 Å². The number of fused-ring (bicyclic) bond motifs is 2. The Balaban J connectivity index is 1.65. The topological polar surface area (TPSA) is 56.6 Å². The highest BCUT2D eigenvalue weighted by molar-refractivity contribution is 5.79. The van der Waals surface area contributed by atoms with Gasteiger partial charge in [0, 0.05) is 46.0 Å². The number of ether oxygens (including phenoxy) is 2. The summed E-state index contributed by atoms with van der Waals surface area (Å²) in [5.41, 5.74) is 1.84. The van der Waals surface area contributed by atoms with Crippen LogP contribution in [-0.4, -0.2) is 52.8 Å². The summed E-state index contributed by atoms with van der Waals surface area (Å²) in [6.07, 6.45) is 8.07. The molecule has 6 heteroatoms. The molecule has 1 spiro atoms. The van der Waals surface area contributed by atoms with E-state index < -0.39 is 0 Å². The van der Waals surface area contributed by atoms with E-state index >= 15 is 0 Å². The molecule has 0 radical (unpaired) electrons. The fourth-order valence-electron chi connectivity index (χ4n) is 4.67. The molecule has 6 nitrogen and oxygen atoms in total. The first-order valence-corrected chi connectivity index (χ1v) is 9.04. The molecule has 1 amide bonds. The number of hydrogen-bond donors (Lipinski definition) is 0. The number of aryl methyl sites for hydroxylation is 1. The zero-order chi connectivity index (χ0) is 16.8. The Hall–Kier alpha value is -1.40. The van der Waals surface area contributed by atoms with Gasteiger partial charge in [0.05, 0.1) is 29.6 Å². The van der Waals surface area contributed by atoms with Crippen molar-refractivity contribution in [1.82, 2.24) is 14.5 Å². The summed E-state index contributed by atoms with van der Waals surface area (Å²) >= 11 is 0. The van der Waals surface area contributed by atoms with Crippen molar-refractivity contribution >= 4 is 5.91 Å². The number of amides is 1. The maximum atomic E-state index is 13.2. The number of nitrogens with zero attached hydrogens (tertiary/aromatic N) is 3. The van der Waals surface area contributed by atoms with Gasteiger partial charge in [0.2, 0.25) is 5.91 Å². The Morgan fingerprint density at radius 1 is 1.33 bits per heavy atom. The molecule has 1 aromatic heterocycles. The first-order valence-electron chi connectivity index (χ1n) is 9.04. The summed E-state index contributed by atoms with van der Waals surface area (Å²) in [6.45, 7) is 2.15. The van der Waals surface area contributed by atoms with E-state index in [1.807, 2.05) is 13.4 Å². The quantitative estimate of drug-likeness (QED) is 0.846. The van der Waals surface area contributed by atoms with Gasteiger partial charge in [-0.15, -0.1) is 0 Å². The van der Waals surface area contributed by atoms with E-state index in [9.17, 15) is 4.79 Å². The third-order valence-electron chi connectivity index (χ3n) is 6.38. The molecule has 1 saturated heterocycles. The summed E-state index contributed by atoms with van der Waals surface area (Å²) in [5.74, 6) is 0.217. The number of imidazole rings is 1. The van der Waals surface area contributed by atoms with Gasteiger partial charge >= 0.3 is 0 Å². The first kappa shape index (κ1) is 16.1. The molecule has 1 saturated carbocycles. The maximum absolute atomic E-state index is 13.2. The largest absolute Gasteiger partial charge is 0.381 e. The summed E-state index contributed by atoms with van der Waals surface area (Å²) in [5, 5.41) is 0. The average molecular weight is 333 g/mol. The summed E-state index contributed by atoms with van der Waals surface area (Å²) in [6, 6.07) is 0. The van der Waals surface area contributed by atoms with Crippen molar-refractivity contribution in [2.24, 2.45) is 7.05 Å². The number of hydrogen-bond acceptors (Lipinski definition) is 4. The number of methoxy groups -OCH3 is 1. The Bertz CT molecular complexity index is 624. The van der Waals surface area contributed by atoms with Gasteiger partial charge in [0.1, 0.15) is 0 Å². The van der Waals surface area contributed by atoms with Crippen molar-refractivity contribution in [1.29, 1.82) is 0 Å². The van der Waals surface area contributed by atoms with Crippen molar-refractivity contribution in [3.05, 3.63) is 17.7 Å². The second kappa shape index (κ2) is 5.85. The van der Waals surface area contributed by atoms with Gasteiger partial charge in [-0.25, -0.2) is 4.98 Å². The second-order valence-corrected chi connectivity index (χ2v) is 7.51. The molecule has 0 N–H and O–H groups in total. The van der Waals surface area contributed by atoms with Gasteiger partial charge in [-0.1, -0.05) is 0 Å². The Labute approximate surface area is 143 Å². The third-order valence-corrected chi connectivity index (χ3v) is 6.38. The highest BCUT2D eigenvalue weighted by atomic mass is 16.5. The van der Waals surface area contributed by atoms with E-state index in [2.05, 4.69) is 9.47 Å². The monoisotopic (exact) mass is 333 g/mol. The van der Waals surface area contributed by atoms with Crippen LogP contribution in [0.1, 0.15) is 49.9 Å². The van der Waals surface area contributed by atoms with Crippen LogP contribution in [-0.2, 0) is 33.3 Å². The van der Waals surface area contributed by atoms with Crippen LogP contribution in [0.4, 0.5) is 0 Å². The molecular weight excluding hydrogens is 306 g/mol. The number of carbonyl (C=O) groups excluding carboxylic acids is 1. The predicted octanol–water partition coefficient (Wildman–Crippen LogP) is 1.77. The van der Waals surface area contributed by atoms with E-state index in [4.69, 9.17) is 14.5 Å². The molecule has 132 valence electrons. The van der Waals surface area contributed by atoms with Gasteiger partial charge in [0.25, 0.3) is 0 Å². The average Bonchev–Trinajstić information content (AvgIpc) is 2.94. The van der Waals surface area contributed by atoms with Gasteiger partial charge in [-0.3, -0.25) is 4.79 Å². The summed E-state index contributed by atoms with van der Waals surface area (Å²) in [4.78, 5) is 20.0. The fraction of sp³-hybridized carbons (Fsp3) is 0.778. The number of aromatic nitrogens is 2. The molecule has 3 aliphatic rings. The van der Waals surface area contributed by atoms with E-state index in [1.54, 1.807) is 7.11 Å². The van der Waals surface area contributed by atoms with Crippen LogP contribution in [0.2, 0.25) is 0 Å². The summed E-state index contributed by atoms with van der Waals surface area (Å²) in [7, 11) is 3.79. The van der Waals surface area contributed by atoms with E-state index in [0.29, 0.717) is 19.6 Å². The number of carbonyl (C=O) groups is 1. The van der Waals surface area contributed by atoms with Crippen LogP contribution in [0.3, 0.4) is 0 Å². The molecule has 24 heavy (non-hydrogen) atoms. The normalized spacial score (nSPS) is 24.5. The molecule has 2 aliphatic heterocycles. The van der Waals surface area contributed by atoms with Gasteiger partial charge < -0.3 is 18.9 Å². The van der Waals surface area contributed by atoms with Crippen molar-refractivity contribution in [2.75, 3.05) is 26.9 Å². The molecule has 1 aromatic rings. The van der Waals surface area contributed by atoms with Crippen molar-refractivity contribution in [2.45, 2.75) is 56.1 Å². The minimum atomic E-state index is -0.289.